The Kier molecular flexibility index (Phi) is 4.56. The minimum atomic E-state index is -0.928. The van der Waals surface area contributed by atoms with Crippen molar-refractivity contribution in [3.8, 4) is 0 Å². The van der Waals surface area contributed by atoms with Crippen LogP contribution in [0.15, 0.2) is 59.4 Å². The first kappa shape index (κ1) is 16.4. The molecule has 0 aliphatic heterocycles. The highest BCUT2D eigenvalue weighted by Crippen LogP contribution is 2.15. The molecular weight excluding hydrogens is 320 g/mol. The summed E-state index contributed by atoms with van der Waals surface area (Å²) in [6.45, 7) is 0. The van der Waals surface area contributed by atoms with Crippen molar-refractivity contribution in [3.63, 3.8) is 0 Å². The summed E-state index contributed by atoms with van der Waals surface area (Å²) in [5.74, 6) is -1.07. The maximum Gasteiger partial charge on any atom is 0.272 e. The van der Waals surface area contributed by atoms with E-state index in [4.69, 9.17) is 5.73 Å². The minimum absolute atomic E-state index is 0.0894. The van der Waals surface area contributed by atoms with Gasteiger partial charge in [-0.3, -0.25) is 14.4 Å². The lowest BCUT2D eigenvalue weighted by Gasteiger charge is -2.16. The lowest BCUT2D eigenvalue weighted by atomic mass is 10.1. The van der Waals surface area contributed by atoms with Gasteiger partial charge in [0, 0.05) is 5.39 Å². The SMILES string of the molecule is NC(=O)[C@H](NC(=O)Cc1n[nH]c(=O)c2ccccc12)c1ccccc1. The largest absolute Gasteiger partial charge is 0.368 e. The maximum atomic E-state index is 12.4. The molecule has 126 valence electrons. The predicted molar refractivity (Wildman–Crippen MR) is 92.6 cm³/mol. The van der Waals surface area contributed by atoms with Crippen LogP contribution in [0.1, 0.15) is 17.3 Å². The van der Waals surface area contributed by atoms with E-state index >= 15 is 0 Å². The second kappa shape index (κ2) is 6.96. The quantitative estimate of drug-likeness (QED) is 0.639. The van der Waals surface area contributed by atoms with Gasteiger partial charge in [0.15, 0.2) is 0 Å². The summed E-state index contributed by atoms with van der Waals surface area (Å²) < 4.78 is 0. The van der Waals surface area contributed by atoms with Crippen molar-refractivity contribution in [1.82, 2.24) is 15.5 Å². The van der Waals surface area contributed by atoms with E-state index < -0.39 is 17.9 Å². The van der Waals surface area contributed by atoms with Crippen molar-refractivity contribution >= 4 is 22.6 Å². The zero-order valence-corrected chi connectivity index (χ0v) is 13.2. The molecule has 0 radical (unpaired) electrons. The fourth-order valence-electron chi connectivity index (χ4n) is 2.63. The van der Waals surface area contributed by atoms with Crippen LogP contribution in [0.4, 0.5) is 0 Å². The number of aromatic nitrogens is 2. The van der Waals surface area contributed by atoms with Crippen LogP contribution in [-0.4, -0.2) is 22.0 Å². The van der Waals surface area contributed by atoms with E-state index in [2.05, 4.69) is 15.5 Å². The number of benzene rings is 2. The Morgan fingerprint density at radius 3 is 2.36 bits per heavy atom. The highest BCUT2D eigenvalue weighted by Gasteiger charge is 2.21. The van der Waals surface area contributed by atoms with E-state index in [1.54, 1.807) is 54.6 Å². The summed E-state index contributed by atoms with van der Waals surface area (Å²) >= 11 is 0. The van der Waals surface area contributed by atoms with Gasteiger partial charge in [0.2, 0.25) is 11.8 Å². The number of carbonyl (C=O) groups is 2. The zero-order valence-electron chi connectivity index (χ0n) is 13.2. The summed E-state index contributed by atoms with van der Waals surface area (Å²) in [5, 5.41) is 10.00. The van der Waals surface area contributed by atoms with Gasteiger partial charge in [-0.1, -0.05) is 48.5 Å². The van der Waals surface area contributed by atoms with E-state index in [1.165, 1.54) is 0 Å². The van der Waals surface area contributed by atoms with Crippen molar-refractivity contribution in [2.75, 3.05) is 0 Å². The van der Waals surface area contributed by atoms with Gasteiger partial charge in [-0.2, -0.15) is 5.10 Å². The Balaban J connectivity index is 1.84. The molecule has 0 aliphatic carbocycles. The molecule has 0 saturated carbocycles. The summed E-state index contributed by atoms with van der Waals surface area (Å²) in [6, 6.07) is 14.7. The number of primary amides is 1. The molecule has 2 aromatic carbocycles. The Morgan fingerprint density at radius 1 is 1.04 bits per heavy atom. The number of H-pyrrole nitrogens is 1. The van der Waals surface area contributed by atoms with Crippen LogP contribution < -0.4 is 16.6 Å². The number of nitrogens with one attached hydrogen (secondary N) is 2. The molecule has 3 rings (SSSR count). The number of rotatable bonds is 5. The molecule has 1 aromatic heterocycles. The number of nitrogens with two attached hydrogens (primary N) is 1. The van der Waals surface area contributed by atoms with Crippen molar-refractivity contribution < 1.29 is 9.59 Å². The van der Waals surface area contributed by atoms with E-state index in [0.29, 0.717) is 22.0 Å². The Labute approximate surface area is 142 Å². The standard InChI is InChI=1S/C18H16N4O3/c19-17(24)16(11-6-2-1-3-7-11)20-15(23)10-14-12-8-4-5-9-13(12)18(25)22-21-14/h1-9,16H,10H2,(H2,19,24)(H,20,23)(H,22,25)/t16-/m1/s1. The first-order chi connectivity index (χ1) is 12.1. The summed E-state index contributed by atoms with van der Waals surface area (Å²) in [5.41, 5.74) is 6.10. The van der Waals surface area contributed by atoms with Crippen LogP contribution in [0.5, 0.6) is 0 Å². The minimum Gasteiger partial charge on any atom is -0.368 e. The molecule has 0 aliphatic rings. The van der Waals surface area contributed by atoms with Gasteiger partial charge in [-0.05, 0) is 11.6 Å². The molecule has 7 nitrogen and oxygen atoms in total. The van der Waals surface area contributed by atoms with Crippen molar-refractivity contribution in [2.45, 2.75) is 12.5 Å². The van der Waals surface area contributed by atoms with Crippen molar-refractivity contribution in [2.24, 2.45) is 5.73 Å². The third-order valence-corrected chi connectivity index (χ3v) is 3.83. The van der Waals surface area contributed by atoms with Gasteiger partial charge in [0.1, 0.15) is 6.04 Å². The van der Waals surface area contributed by atoms with Crippen LogP contribution in [0, 0.1) is 0 Å². The van der Waals surface area contributed by atoms with E-state index in [9.17, 15) is 14.4 Å². The number of amides is 2. The number of fused-ring (bicyclic) bond motifs is 1. The van der Waals surface area contributed by atoms with E-state index in [0.717, 1.165) is 0 Å². The third-order valence-electron chi connectivity index (χ3n) is 3.83. The average molecular weight is 336 g/mol. The third kappa shape index (κ3) is 3.55. The van der Waals surface area contributed by atoms with E-state index in [-0.39, 0.29) is 12.0 Å². The van der Waals surface area contributed by atoms with Crippen LogP contribution in [0.3, 0.4) is 0 Å². The molecule has 25 heavy (non-hydrogen) atoms. The summed E-state index contributed by atoms with van der Waals surface area (Å²) in [6.07, 6.45) is -0.0894. The monoisotopic (exact) mass is 336 g/mol. The fourth-order valence-corrected chi connectivity index (χ4v) is 2.63. The molecule has 1 heterocycles. The summed E-state index contributed by atoms with van der Waals surface area (Å²) in [4.78, 5) is 35.9. The Morgan fingerprint density at radius 2 is 1.68 bits per heavy atom. The Bertz CT molecular complexity index is 982. The van der Waals surface area contributed by atoms with Gasteiger partial charge >= 0.3 is 0 Å². The number of hydrogen-bond donors (Lipinski definition) is 3. The lowest BCUT2D eigenvalue weighted by Crippen LogP contribution is -2.38. The molecule has 4 N–H and O–H groups in total. The van der Waals surface area contributed by atoms with Gasteiger partial charge in [0.25, 0.3) is 5.56 Å². The molecule has 0 saturated heterocycles. The second-order valence-corrected chi connectivity index (χ2v) is 5.54. The van der Waals surface area contributed by atoms with Crippen molar-refractivity contribution in [3.05, 3.63) is 76.2 Å². The van der Waals surface area contributed by atoms with E-state index in [1.807, 2.05) is 0 Å². The van der Waals surface area contributed by atoms with Crippen LogP contribution >= 0.6 is 0 Å². The van der Waals surface area contributed by atoms with Gasteiger partial charge < -0.3 is 11.1 Å². The van der Waals surface area contributed by atoms with Crippen molar-refractivity contribution in [1.29, 1.82) is 0 Å². The average Bonchev–Trinajstić information content (AvgIpc) is 2.63. The van der Waals surface area contributed by atoms with Gasteiger partial charge in [-0.25, -0.2) is 5.10 Å². The molecule has 7 heteroatoms. The molecular formula is C18H16N4O3. The second-order valence-electron chi connectivity index (χ2n) is 5.54. The molecule has 1 atom stereocenters. The maximum absolute atomic E-state index is 12.4. The Hall–Kier alpha value is -3.48. The highest BCUT2D eigenvalue weighted by molar-refractivity contribution is 5.91. The summed E-state index contributed by atoms with van der Waals surface area (Å²) in [7, 11) is 0. The lowest BCUT2D eigenvalue weighted by molar-refractivity contribution is -0.127. The molecule has 0 bridgehead atoms. The first-order valence-corrected chi connectivity index (χ1v) is 7.66. The normalized spacial score (nSPS) is 11.8. The zero-order chi connectivity index (χ0) is 17.8. The molecule has 0 fully saturated rings. The topological polar surface area (TPSA) is 118 Å². The number of hydrogen-bond acceptors (Lipinski definition) is 4. The van der Waals surface area contributed by atoms with Crippen LogP contribution in [0.2, 0.25) is 0 Å². The van der Waals surface area contributed by atoms with Crippen LogP contribution in [0.25, 0.3) is 10.8 Å². The highest BCUT2D eigenvalue weighted by atomic mass is 16.2. The number of aromatic amines is 1. The molecule has 0 unspecified atom stereocenters. The number of nitrogens with zero attached hydrogens (tertiary/aromatic N) is 1. The predicted octanol–water partition coefficient (Wildman–Crippen LogP) is 0.808. The van der Waals surface area contributed by atoms with Crippen LogP contribution in [-0.2, 0) is 16.0 Å². The van der Waals surface area contributed by atoms with Gasteiger partial charge in [-0.15, -0.1) is 0 Å². The smallest absolute Gasteiger partial charge is 0.272 e. The number of carbonyl (C=O) groups excluding carboxylic acids is 2. The fraction of sp³-hybridized carbons (Fsp3) is 0.111. The molecule has 3 aromatic rings. The molecule has 0 spiro atoms. The first-order valence-electron chi connectivity index (χ1n) is 7.66. The van der Waals surface area contributed by atoms with Gasteiger partial charge in [0.05, 0.1) is 17.5 Å². The molecule has 2 amide bonds.